The van der Waals surface area contributed by atoms with Crippen molar-refractivity contribution in [3.63, 3.8) is 0 Å². The summed E-state index contributed by atoms with van der Waals surface area (Å²) in [6, 6.07) is -0.281. The Labute approximate surface area is 137 Å². The Bertz CT molecular complexity index is 683. The Hall–Kier alpha value is -2.11. The van der Waals surface area contributed by atoms with Crippen LogP contribution in [-0.4, -0.2) is 25.2 Å². The maximum Gasteiger partial charge on any atom is 0.243 e. The quantitative estimate of drug-likeness (QED) is 0.891. The van der Waals surface area contributed by atoms with Crippen LogP contribution in [0.25, 0.3) is 0 Å². The van der Waals surface area contributed by atoms with Crippen molar-refractivity contribution in [3.05, 3.63) is 35.2 Å². The second-order valence-electron chi connectivity index (χ2n) is 6.21. The number of amides is 1. The van der Waals surface area contributed by atoms with Gasteiger partial charge in [0.2, 0.25) is 5.91 Å². The first kappa shape index (κ1) is 17.2. The molecule has 1 amide bonds. The molecule has 0 saturated carbocycles. The maximum absolute atomic E-state index is 12.5. The molecule has 2 heterocycles. The summed E-state index contributed by atoms with van der Waals surface area (Å²) >= 11 is 0. The molecule has 0 spiro atoms. The van der Waals surface area contributed by atoms with Gasteiger partial charge in [0.25, 0.3) is 0 Å². The van der Waals surface area contributed by atoms with Crippen LogP contribution >= 0.6 is 0 Å². The number of hydrogen-bond donors (Lipinski definition) is 1. The predicted octanol–water partition coefficient (Wildman–Crippen LogP) is 2.72. The van der Waals surface area contributed by atoms with Crippen molar-refractivity contribution in [1.29, 1.82) is 0 Å². The van der Waals surface area contributed by atoms with Crippen molar-refractivity contribution < 1.29 is 4.79 Å². The molecular formula is C17H27N5O. The van der Waals surface area contributed by atoms with E-state index in [9.17, 15) is 4.79 Å². The number of nitrogens with one attached hydrogen (secondary N) is 1. The van der Waals surface area contributed by atoms with Gasteiger partial charge in [0, 0.05) is 42.7 Å². The molecule has 0 aliphatic heterocycles. The van der Waals surface area contributed by atoms with E-state index in [1.54, 1.807) is 6.20 Å². The van der Waals surface area contributed by atoms with Gasteiger partial charge in [-0.2, -0.15) is 5.10 Å². The molecule has 0 radical (unpaired) electrons. The smallest absolute Gasteiger partial charge is 0.243 e. The lowest BCUT2D eigenvalue weighted by atomic mass is 10.1. The van der Waals surface area contributed by atoms with Crippen LogP contribution in [0.2, 0.25) is 0 Å². The lowest BCUT2D eigenvalue weighted by Crippen LogP contribution is -2.31. The molecule has 0 fully saturated rings. The molecule has 2 aromatic heterocycles. The average molecular weight is 317 g/mol. The van der Waals surface area contributed by atoms with E-state index in [-0.39, 0.29) is 17.9 Å². The normalized spacial score (nSPS) is 12.7. The average Bonchev–Trinajstić information content (AvgIpc) is 3.10. The summed E-state index contributed by atoms with van der Waals surface area (Å²) in [4.78, 5) is 16.9. The van der Waals surface area contributed by atoms with Gasteiger partial charge in [-0.1, -0.05) is 13.8 Å². The first-order valence-corrected chi connectivity index (χ1v) is 8.20. The van der Waals surface area contributed by atoms with Crippen molar-refractivity contribution in [2.24, 2.45) is 0 Å². The Kier molecular flexibility index (Phi) is 5.23. The minimum absolute atomic E-state index is 0.00653. The molecule has 6 nitrogen and oxygen atoms in total. The highest BCUT2D eigenvalue weighted by Gasteiger charge is 2.20. The van der Waals surface area contributed by atoms with Crippen molar-refractivity contribution in [1.82, 2.24) is 24.6 Å². The van der Waals surface area contributed by atoms with E-state index in [2.05, 4.69) is 36.2 Å². The lowest BCUT2D eigenvalue weighted by molar-refractivity contribution is -0.124. The highest BCUT2D eigenvalue weighted by Crippen LogP contribution is 2.18. The molecule has 2 aromatic rings. The second-order valence-corrected chi connectivity index (χ2v) is 6.21. The van der Waals surface area contributed by atoms with E-state index in [1.165, 1.54) is 0 Å². The third kappa shape index (κ3) is 3.46. The van der Waals surface area contributed by atoms with E-state index in [0.717, 1.165) is 29.3 Å². The molecule has 0 aliphatic rings. The van der Waals surface area contributed by atoms with E-state index in [0.29, 0.717) is 6.54 Å². The fourth-order valence-corrected chi connectivity index (χ4v) is 2.85. The summed E-state index contributed by atoms with van der Waals surface area (Å²) < 4.78 is 3.90. The first-order valence-electron chi connectivity index (χ1n) is 8.20. The van der Waals surface area contributed by atoms with Gasteiger partial charge in [0.05, 0.1) is 5.69 Å². The summed E-state index contributed by atoms with van der Waals surface area (Å²) in [5.74, 6) is 1.21. The third-order valence-corrected chi connectivity index (χ3v) is 4.28. The minimum atomic E-state index is -0.281. The van der Waals surface area contributed by atoms with Crippen molar-refractivity contribution in [2.75, 3.05) is 0 Å². The zero-order chi connectivity index (χ0) is 17.1. The molecule has 2 rings (SSSR count). The summed E-state index contributed by atoms with van der Waals surface area (Å²) in [7, 11) is 0. The summed E-state index contributed by atoms with van der Waals surface area (Å²) in [5.41, 5.74) is 3.19. The number of rotatable bonds is 6. The molecule has 126 valence electrons. The van der Waals surface area contributed by atoms with Crippen LogP contribution in [0, 0.1) is 13.8 Å². The summed E-state index contributed by atoms with van der Waals surface area (Å²) in [5, 5.41) is 7.52. The van der Waals surface area contributed by atoms with Crippen molar-refractivity contribution in [2.45, 2.75) is 66.6 Å². The summed E-state index contributed by atoms with van der Waals surface area (Å²) in [6.45, 7) is 13.5. The van der Waals surface area contributed by atoms with Crippen LogP contribution in [0.5, 0.6) is 0 Å². The molecule has 0 aromatic carbocycles. The Morgan fingerprint density at radius 2 is 2.00 bits per heavy atom. The van der Waals surface area contributed by atoms with Gasteiger partial charge in [-0.25, -0.2) is 4.98 Å². The van der Waals surface area contributed by atoms with Gasteiger partial charge >= 0.3 is 0 Å². The van der Waals surface area contributed by atoms with Gasteiger partial charge in [-0.05, 0) is 27.7 Å². The van der Waals surface area contributed by atoms with Gasteiger partial charge in [0.1, 0.15) is 11.9 Å². The summed E-state index contributed by atoms with van der Waals surface area (Å²) in [6.07, 6.45) is 3.61. The van der Waals surface area contributed by atoms with E-state index in [4.69, 9.17) is 0 Å². The molecule has 0 bridgehead atoms. The van der Waals surface area contributed by atoms with E-state index >= 15 is 0 Å². The number of aryl methyl sites for hydroxylation is 2. The zero-order valence-electron chi connectivity index (χ0n) is 14.9. The molecule has 0 saturated heterocycles. The van der Waals surface area contributed by atoms with Gasteiger partial charge < -0.3 is 9.88 Å². The lowest BCUT2D eigenvalue weighted by Gasteiger charge is -2.18. The van der Waals surface area contributed by atoms with E-state index < -0.39 is 0 Å². The van der Waals surface area contributed by atoms with Crippen LogP contribution in [-0.2, 0) is 17.9 Å². The molecule has 23 heavy (non-hydrogen) atoms. The van der Waals surface area contributed by atoms with Gasteiger partial charge in [0.15, 0.2) is 0 Å². The third-order valence-electron chi connectivity index (χ3n) is 4.28. The Morgan fingerprint density at radius 3 is 2.57 bits per heavy atom. The number of hydrogen-bond acceptors (Lipinski definition) is 3. The highest BCUT2D eigenvalue weighted by molar-refractivity contribution is 5.80. The number of carbonyl (C=O) groups excluding carboxylic acids is 1. The Morgan fingerprint density at radius 1 is 1.30 bits per heavy atom. The van der Waals surface area contributed by atoms with Crippen LogP contribution in [0.1, 0.15) is 62.4 Å². The van der Waals surface area contributed by atoms with Crippen LogP contribution in [0.3, 0.4) is 0 Å². The van der Waals surface area contributed by atoms with Crippen LogP contribution < -0.4 is 5.32 Å². The number of carbonyl (C=O) groups is 1. The fourth-order valence-electron chi connectivity index (χ4n) is 2.85. The predicted molar refractivity (Wildman–Crippen MR) is 90.2 cm³/mol. The van der Waals surface area contributed by atoms with Gasteiger partial charge in [-0.15, -0.1) is 0 Å². The molecule has 1 unspecified atom stereocenters. The number of aromatic nitrogens is 4. The molecule has 1 atom stereocenters. The molecule has 0 aliphatic carbocycles. The monoisotopic (exact) mass is 317 g/mol. The van der Waals surface area contributed by atoms with Crippen molar-refractivity contribution >= 4 is 5.91 Å². The zero-order valence-corrected chi connectivity index (χ0v) is 14.9. The SMILES string of the molecule is CCn1nc(C)c(CNC(=O)C(C)n2ccnc2C(C)C)c1C. The molecule has 6 heteroatoms. The topological polar surface area (TPSA) is 64.7 Å². The van der Waals surface area contributed by atoms with E-state index in [1.807, 2.05) is 36.2 Å². The number of imidazole rings is 1. The largest absolute Gasteiger partial charge is 0.350 e. The fraction of sp³-hybridized carbons (Fsp3) is 0.588. The van der Waals surface area contributed by atoms with Crippen molar-refractivity contribution in [3.8, 4) is 0 Å². The van der Waals surface area contributed by atoms with Crippen LogP contribution in [0.4, 0.5) is 0 Å². The Balaban J connectivity index is 2.08. The number of nitrogens with zero attached hydrogens (tertiary/aromatic N) is 4. The van der Waals surface area contributed by atoms with Gasteiger partial charge in [-0.3, -0.25) is 9.48 Å². The molecular weight excluding hydrogens is 290 g/mol. The molecule has 1 N–H and O–H groups in total. The van der Waals surface area contributed by atoms with Crippen LogP contribution in [0.15, 0.2) is 12.4 Å². The highest BCUT2D eigenvalue weighted by atomic mass is 16.2. The maximum atomic E-state index is 12.5. The minimum Gasteiger partial charge on any atom is -0.350 e. The standard InChI is InChI=1S/C17H27N5O/c1-7-22-13(5)15(12(4)20-22)10-19-17(23)14(6)21-9-8-18-16(21)11(2)3/h8-9,11,14H,7,10H2,1-6H3,(H,19,23). The second kappa shape index (κ2) is 6.98. The first-order chi connectivity index (χ1) is 10.9.